The standard InChI is InChI=1S/C15H18N4O.C8H8O/c1-10-13-14(18-17-10)11-6-3-4-7-12(11)19(15(13)20)9-5-8-16-2;1-7-2-4-8(6-9)5-3-7/h3-4,6-7,16H,5,8-9H2,1-2H3,(H,17,18);2-6H,1H3. The Hall–Kier alpha value is -3.25. The number of hydrogen-bond acceptors (Lipinski definition) is 4. The summed E-state index contributed by atoms with van der Waals surface area (Å²) in [4.78, 5) is 22.8. The van der Waals surface area contributed by atoms with E-state index in [1.165, 1.54) is 5.56 Å². The molecule has 4 rings (SSSR count). The van der Waals surface area contributed by atoms with E-state index in [2.05, 4.69) is 15.5 Å². The van der Waals surface area contributed by atoms with Gasteiger partial charge in [0.25, 0.3) is 5.56 Å². The zero-order valence-electron chi connectivity index (χ0n) is 17.0. The maximum Gasteiger partial charge on any atom is 0.262 e. The molecule has 0 aliphatic heterocycles. The van der Waals surface area contributed by atoms with Crippen LogP contribution in [0, 0.1) is 13.8 Å². The number of aromatic nitrogens is 3. The second-order valence-electron chi connectivity index (χ2n) is 7.03. The SMILES string of the molecule is CNCCCn1c(=O)c2c(C)[nH]nc2c2ccccc21.Cc1ccc(C=O)cc1. The summed E-state index contributed by atoms with van der Waals surface area (Å²) in [5, 5.41) is 12.1. The lowest BCUT2D eigenvalue weighted by atomic mass is 10.1. The molecule has 150 valence electrons. The molecule has 6 heteroatoms. The number of aryl methyl sites for hydroxylation is 3. The summed E-state index contributed by atoms with van der Waals surface area (Å²) >= 11 is 0. The number of rotatable bonds is 5. The van der Waals surface area contributed by atoms with Crippen molar-refractivity contribution in [2.45, 2.75) is 26.8 Å². The summed E-state index contributed by atoms with van der Waals surface area (Å²) in [5.41, 5.74) is 4.51. The molecule has 0 fully saturated rings. The minimum Gasteiger partial charge on any atom is -0.320 e. The predicted molar refractivity (Wildman–Crippen MR) is 118 cm³/mol. The van der Waals surface area contributed by atoms with Gasteiger partial charge in [-0.15, -0.1) is 0 Å². The van der Waals surface area contributed by atoms with E-state index in [1.807, 2.05) is 74.0 Å². The highest BCUT2D eigenvalue weighted by molar-refractivity contribution is 6.03. The second kappa shape index (κ2) is 9.30. The summed E-state index contributed by atoms with van der Waals surface area (Å²) in [6.07, 6.45) is 1.77. The largest absolute Gasteiger partial charge is 0.320 e. The van der Waals surface area contributed by atoms with Gasteiger partial charge in [-0.2, -0.15) is 5.10 Å². The second-order valence-corrected chi connectivity index (χ2v) is 7.03. The minimum absolute atomic E-state index is 0.0426. The highest BCUT2D eigenvalue weighted by Crippen LogP contribution is 2.22. The number of pyridine rings is 1. The van der Waals surface area contributed by atoms with Crippen molar-refractivity contribution in [3.63, 3.8) is 0 Å². The van der Waals surface area contributed by atoms with E-state index < -0.39 is 0 Å². The number of hydrogen-bond donors (Lipinski definition) is 2. The number of nitrogens with one attached hydrogen (secondary N) is 2. The van der Waals surface area contributed by atoms with Crippen molar-refractivity contribution < 1.29 is 4.79 Å². The zero-order chi connectivity index (χ0) is 20.8. The number of aldehydes is 1. The van der Waals surface area contributed by atoms with Crippen LogP contribution < -0.4 is 10.9 Å². The summed E-state index contributed by atoms with van der Waals surface area (Å²) in [5.74, 6) is 0. The molecule has 0 atom stereocenters. The van der Waals surface area contributed by atoms with Gasteiger partial charge >= 0.3 is 0 Å². The Balaban J connectivity index is 0.000000224. The smallest absolute Gasteiger partial charge is 0.262 e. The lowest BCUT2D eigenvalue weighted by Crippen LogP contribution is -2.23. The quantitative estimate of drug-likeness (QED) is 0.403. The van der Waals surface area contributed by atoms with Crippen LogP contribution >= 0.6 is 0 Å². The monoisotopic (exact) mass is 390 g/mol. The number of benzene rings is 2. The predicted octanol–water partition coefficient (Wildman–Crippen LogP) is 3.60. The molecule has 4 aromatic rings. The Bertz CT molecular complexity index is 1170. The van der Waals surface area contributed by atoms with Crippen LogP contribution in [0.5, 0.6) is 0 Å². The third-order valence-electron chi connectivity index (χ3n) is 4.88. The Morgan fingerprint density at radius 2 is 1.83 bits per heavy atom. The molecule has 0 radical (unpaired) electrons. The van der Waals surface area contributed by atoms with Crippen molar-refractivity contribution in [2.75, 3.05) is 13.6 Å². The third kappa shape index (κ3) is 4.43. The number of carbonyl (C=O) groups is 1. The number of para-hydroxylation sites is 1. The van der Waals surface area contributed by atoms with Crippen molar-refractivity contribution in [3.05, 3.63) is 75.7 Å². The highest BCUT2D eigenvalue weighted by Gasteiger charge is 2.14. The van der Waals surface area contributed by atoms with E-state index in [4.69, 9.17) is 0 Å². The maximum absolute atomic E-state index is 12.7. The normalized spacial score (nSPS) is 10.7. The van der Waals surface area contributed by atoms with Crippen LogP contribution in [0.1, 0.15) is 28.0 Å². The van der Waals surface area contributed by atoms with E-state index in [9.17, 15) is 9.59 Å². The van der Waals surface area contributed by atoms with E-state index in [0.29, 0.717) is 11.9 Å². The van der Waals surface area contributed by atoms with Crippen LogP contribution in [-0.2, 0) is 6.54 Å². The van der Waals surface area contributed by atoms with Gasteiger partial charge in [0, 0.05) is 23.2 Å². The van der Waals surface area contributed by atoms with Gasteiger partial charge in [0.1, 0.15) is 11.8 Å². The Labute approximate surface area is 169 Å². The van der Waals surface area contributed by atoms with Gasteiger partial charge in [0.15, 0.2) is 0 Å². The zero-order valence-corrected chi connectivity index (χ0v) is 17.0. The summed E-state index contributed by atoms with van der Waals surface area (Å²) < 4.78 is 1.86. The molecule has 6 nitrogen and oxygen atoms in total. The molecule has 0 aliphatic rings. The van der Waals surface area contributed by atoms with Crippen LogP contribution in [-0.4, -0.2) is 34.6 Å². The van der Waals surface area contributed by atoms with E-state index in [-0.39, 0.29) is 5.56 Å². The van der Waals surface area contributed by atoms with Crippen LogP contribution in [0.4, 0.5) is 0 Å². The van der Waals surface area contributed by atoms with Crippen LogP contribution in [0.2, 0.25) is 0 Å². The molecule has 0 aliphatic carbocycles. The van der Waals surface area contributed by atoms with Gasteiger partial charge in [-0.1, -0.05) is 48.0 Å². The first kappa shape index (κ1) is 20.5. The van der Waals surface area contributed by atoms with Crippen molar-refractivity contribution in [1.29, 1.82) is 0 Å². The molecule has 0 amide bonds. The van der Waals surface area contributed by atoms with Gasteiger partial charge in [0.05, 0.1) is 10.9 Å². The lowest BCUT2D eigenvalue weighted by molar-refractivity contribution is 0.112. The molecular formula is C23H26N4O2. The summed E-state index contributed by atoms with van der Waals surface area (Å²) in [6.45, 7) is 5.49. The average Bonchev–Trinajstić information content (AvgIpc) is 3.14. The van der Waals surface area contributed by atoms with Crippen LogP contribution in [0.25, 0.3) is 21.8 Å². The Kier molecular flexibility index (Phi) is 6.57. The Morgan fingerprint density at radius 1 is 1.10 bits per heavy atom. The van der Waals surface area contributed by atoms with Crippen LogP contribution in [0.3, 0.4) is 0 Å². The number of fused-ring (bicyclic) bond motifs is 3. The molecule has 29 heavy (non-hydrogen) atoms. The molecule has 0 spiro atoms. The molecule has 2 aromatic carbocycles. The minimum atomic E-state index is 0.0426. The molecule has 0 unspecified atom stereocenters. The molecule has 2 heterocycles. The van der Waals surface area contributed by atoms with Crippen molar-refractivity contribution in [3.8, 4) is 0 Å². The van der Waals surface area contributed by atoms with Crippen LogP contribution in [0.15, 0.2) is 53.3 Å². The van der Waals surface area contributed by atoms with E-state index in [1.54, 1.807) is 0 Å². The van der Waals surface area contributed by atoms with E-state index in [0.717, 1.165) is 46.9 Å². The summed E-state index contributed by atoms with van der Waals surface area (Å²) in [7, 11) is 1.92. The molecule has 0 bridgehead atoms. The first-order valence-corrected chi connectivity index (χ1v) is 9.69. The topological polar surface area (TPSA) is 79.8 Å². The van der Waals surface area contributed by atoms with Gasteiger partial charge in [-0.05, 0) is 39.9 Å². The van der Waals surface area contributed by atoms with Gasteiger partial charge < -0.3 is 9.88 Å². The van der Waals surface area contributed by atoms with Gasteiger partial charge in [-0.3, -0.25) is 14.7 Å². The first-order valence-electron chi connectivity index (χ1n) is 9.69. The van der Waals surface area contributed by atoms with Crippen molar-refractivity contribution in [1.82, 2.24) is 20.1 Å². The number of H-pyrrole nitrogens is 1. The number of carbonyl (C=O) groups excluding carboxylic acids is 1. The highest BCUT2D eigenvalue weighted by atomic mass is 16.1. The number of aromatic amines is 1. The van der Waals surface area contributed by atoms with Gasteiger partial charge in [0.2, 0.25) is 0 Å². The van der Waals surface area contributed by atoms with Crippen molar-refractivity contribution in [2.24, 2.45) is 0 Å². The Morgan fingerprint density at radius 3 is 2.52 bits per heavy atom. The average molecular weight is 390 g/mol. The number of nitrogens with zero attached hydrogens (tertiary/aromatic N) is 2. The lowest BCUT2D eigenvalue weighted by Gasteiger charge is -2.11. The molecule has 0 saturated carbocycles. The summed E-state index contributed by atoms with van der Waals surface area (Å²) in [6, 6.07) is 15.4. The van der Waals surface area contributed by atoms with Crippen molar-refractivity contribution >= 4 is 28.1 Å². The fourth-order valence-electron chi connectivity index (χ4n) is 3.32. The third-order valence-corrected chi connectivity index (χ3v) is 4.88. The van der Waals surface area contributed by atoms with E-state index >= 15 is 0 Å². The van der Waals surface area contributed by atoms with Gasteiger partial charge in [-0.25, -0.2) is 0 Å². The fourth-order valence-corrected chi connectivity index (χ4v) is 3.32. The molecule has 2 N–H and O–H groups in total. The fraction of sp³-hybridized carbons (Fsp3) is 0.261. The molecular weight excluding hydrogens is 364 g/mol. The molecule has 2 aromatic heterocycles. The first-order chi connectivity index (χ1) is 14.1. The maximum atomic E-state index is 12.7. The molecule has 0 saturated heterocycles.